The first-order valence-corrected chi connectivity index (χ1v) is 4.82. The SMILES string of the molecule is CC(O)C[n+]1cccc2ccccc21. The summed E-state index contributed by atoms with van der Waals surface area (Å²) in [5, 5.41) is 10.5. The van der Waals surface area contributed by atoms with E-state index in [2.05, 4.69) is 22.8 Å². The summed E-state index contributed by atoms with van der Waals surface area (Å²) < 4.78 is 2.07. The Bertz CT molecular complexity index is 432. The molecular formula is C12H14NO+. The lowest BCUT2D eigenvalue weighted by Crippen LogP contribution is -2.39. The lowest BCUT2D eigenvalue weighted by Gasteiger charge is -2.02. The maximum absolute atomic E-state index is 9.34. The number of aliphatic hydroxyl groups excluding tert-OH is 1. The van der Waals surface area contributed by atoms with E-state index in [1.807, 2.05) is 24.4 Å². The van der Waals surface area contributed by atoms with Crippen LogP contribution in [0.1, 0.15) is 6.92 Å². The number of hydrogen-bond donors (Lipinski definition) is 1. The van der Waals surface area contributed by atoms with Crippen LogP contribution in [0.15, 0.2) is 42.6 Å². The fourth-order valence-electron chi connectivity index (χ4n) is 1.66. The van der Waals surface area contributed by atoms with Crippen LogP contribution >= 0.6 is 0 Å². The monoisotopic (exact) mass is 188 g/mol. The summed E-state index contributed by atoms with van der Waals surface area (Å²) in [6.45, 7) is 2.44. The fraction of sp³-hybridized carbons (Fsp3) is 0.250. The van der Waals surface area contributed by atoms with Gasteiger partial charge in [-0.05, 0) is 19.1 Å². The third-order valence-electron chi connectivity index (χ3n) is 2.25. The lowest BCUT2D eigenvalue weighted by molar-refractivity contribution is -0.678. The molecule has 0 radical (unpaired) electrons. The van der Waals surface area contributed by atoms with Crippen LogP contribution in [-0.2, 0) is 6.54 Å². The van der Waals surface area contributed by atoms with E-state index in [1.54, 1.807) is 6.92 Å². The van der Waals surface area contributed by atoms with Gasteiger partial charge < -0.3 is 5.11 Å². The van der Waals surface area contributed by atoms with Crippen molar-refractivity contribution in [3.05, 3.63) is 42.6 Å². The highest BCUT2D eigenvalue weighted by Crippen LogP contribution is 2.07. The van der Waals surface area contributed by atoms with Gasteiger partial charge in [-0.25, -0.2) is 0 Å². The van der Waals surface area contributed by atoms with Crippen molar-refractivity contribution in [1.29, 1.82) is 0 Å². The Morgan fingerprint density at radius 3 is 2.71 bits per heavy atom. The zero-order chi connectivity index (χ0) is 9.97. The molecule has 0 fully saturated rings. The molecular weight excluding hydrogens is 174 g/mol. The first-order valence-electron chi connectivity index (χ1n) is 4.82. The van der Waals surface area contributed by atoms with Crippen LogP contribution in [0.3, 0.4) is 0 Å². The predicted octanol–water partition coefficient (Wildman–Crippen LogP) is 1.51. The average molecular weight is 188 g/mol. The Morgan fingerprint density at radius 2 is 1.93 bits per heavy atom. The predicted molar refractivity (Wildman–Crippen MR) is 55.8 cm³/mol. The number of fused-ring (bicyclic) bond motifs is 1. The molecule has 72 valence electrons. The highest BCUT2D eigenvalue weighted by molar-refractivity contribution is 5.74. The standard InChI is InChI=1S/C12H14NO/c1-10(14)9-13-8-4-6-11-5-2-3-7-12(11)13/h2-8,10,14H,9H2,1H3/q+1. The third-order valence-corrected chi connectivity index (χ3v) is 2.25. The topological polar surface area (TPSA) is 24.1 Å². The highest BCUT2D eigenvalue weighted by atomic mass is 16.3. The summed E-state index contributed by atoms with van der Waals surface area (Å²) in [6.07, 6.45) is 1.68. The number of rotatable bonds is 2. The van der Waals surface area contributed by atoms with Crippen LogP contribution in [0.2, 0.25) is 0 Å². The van der Waals surface area contributed by atoms with E-state index in [4.69, 9.17) is 0 Å². The van der Waals surface area contributed by atoms with E-state index in [1.165, 1.54) is 5.39 Å². The van der Waals surface area contributed by atoms with E-state index in [0.717, 1.165) is 5.52 Å². The van der Waals surface area contributed by atoms with Crippen LogP contribution in [0.4, 0.5) is 0 Å². The molecule has 0 saturated carbocycles. The van der Waals surface area contributed by atoms with Crippen molar-refractivity contribution >= 4 is 10.9 Å². The molecule has 2 rings (SSSR count). The van der Waals surface area contributed by atoms with Crippen molar-refractivity contribution in [3.8, 4) is 0 Å². The summed E-state index contributed by atoms with van der Waals surface area (Å²) in [5.41, 5.74) is 1.16. The molecule has 0 amide bonds. The van der Waals surface area contributed by atoms with Crippen molar-refractivity contribution in [1.82, 2.24) is 0 Å². The second-order valence-electron chi connectivity index (χ2n) is 3.57. The molecule has 0 saturated heterocycles. The molecule has 2 heteroatoms. The summed E-state index contributed by atoms with van der Waals surface area (Å²) in [7, 11) is 0. The van der Waals surface area contributed by atoms with Gasteiger partial charge in [0.2, 0.25) is 5.52 Å². The van der Waals surface area contributed by atoms with Crippen LogP contribution in [-0.4, -0.2) is 11.2 Å². The third kappa shape index (κ3) is 1.75. The van der Waals surface area contributed by atoms with E-state index in [9.17, 15) is 5.11 Å². The van der Waals surface area contributed by atoms with Crippen LogP contribution < -0.4 is 4.57 Å². The van der Waals surface area contributed by atoms with Gasteiger partial charge in [-0.2, -0.15) is 4.57 Å². The van der Waals surface area contributed by atoms with Crippen LogP contribution in [0.5, 0.6) is 0 Å². The Hall–Kier alpha value is -1.41. The molecule has 2 aromatic rings. The van der Waals surface area contributed by atoms with Gasteiger partial charge in [0, 0.05) is 17.5 Å². The molecule has 1 unspecified atom stereocenters. The minimum atomic E-state index is -0.314. The van der Waals surface area contributed by atoms with Gasteiger partial charge in [0.1, 0.15) is 6.10 Å². The number of aromatic nitrogens is 1. The normalized spacial score (nSPS) is 13.0. The zero-order valence-corrected chi connectivity index (χ0v) is 8.22. The number of para-hydroxylation sites is 1. The molecule has 1 aromatic carbocycles. The number of nitrogens with zero attached hydrogens (tertiary/aromatic N) is 1. The second-order valence-corrected chi connectivity index (χ2v) is 3.57. The summed E-state index contributed by atoms with van der Waals surface area (Å²) in [5.74, 6) is 0. The second kappa shape index (κ2) is 3.76. The van der Waals surface area contributed by atoms with E-state index in [0.29, 0.717) is 6.54 Å². The maximum Gasteiger partial charge on any atom is 0.212 e. The summed E-state index contributed by atoms with van der Waals surface area (Å²) >= 11 is 0. The van der Waals surface area contributed by atoms with Crippen molar-refractivity contribution in [3.63, 3.8) is 0 Å². The molecule has 0 aliphatic heterocycles. The largest absolute Gasteiger partial charge is 0.387 e. The number of hydrogen-bond acceptors (Lipinski definition) is 1. The molecule has 1 N–H and O–H groups in total. The molecule has 0 aliphatic carbocycles. The number of aliphatic hydroxyl groups is 1. The van der Waals surface area contributed by atoms with Gasteiger partial charge in [0.25, 0.3) is 0 Å². The van der Waals surface area contributed by atoms with Crippen molar-refractivity contribution in [2.75, 3.05) is 0 Å². The number of benzene rings is 1. The quantitative estimate of drug-likeness (QED) is 0.710. The lowest BCUT2D eigenvalue weighted by atomic mass is 10.2. The van der Waals surface area contributed by atoms with Gasteiger partial charge in [-0.15, -0.1) is 0 Å². The highest BCUT2D eigenvalue weighted by Gasteiger charge is 2.09. The van der Waals surface area contributed by atoms with Crippen LogP contribution in [0, 0.1) is 0 Å². The average Bonchev–Trinajstić information content (AvgIpc) is 2.18. The first kappa shape index (κ1) is 9.16. The van der Waals surface area contributed by atoms with E-state index >= 15 is 0 Å². The Labute approximate surface area is 83.4 Å². The van der Waals surface area contributed by atoms with Gasteiger partial charge in [0.15, 0.2) is 12.7 Å². The minimum Gasteiger partial charge on any atom is -0.387 e. The van der Waals surface area contributed by atoms with Gasteiger partial charge in [-0.3, -0.25) is 0 Å². The Balaban J connectivity index is 2.53. The van der Waals surface area contributed by atoms with Crippen molar-refractivity contribution in [2.45, 2.75) is 19.6 Å². The van der Waals surface area contributed by atoms with Crippen LogP contribution in [0.25, 0.3) is 10.9 Å². The maximum atomic E-state index is 9.34. The zero-order valence-electron chi connectivity index (χ0n) is 8.22. The summed E-state index contributed by atoms with van der Waals surface area (Å²) in [6, 6.07) is 12.3. The van der Waals surface area contributed by atoms with E-state index < -0.39 is 0 Å². The fourth-order valence-corrected chi connectivity index (χ4v) is 1.66. The molecule has 2 nitrogen and oxygen atoms in total. The van der Waals surface area contributed by atoms with Gasteiger partial charge >= 0.3 is 0 Å². The number of pyridine rings is 1. The molecule has 1 heterocycles. The Morgan fingerprint density at radius 1 is 1.21 bits per heavy atom. The van der Waals surface area contributed by atoms with Crippen molar-refractivity contribution < 1.29 is 9.67 Å². The molecule has 1 atom stereocenters. The molecule has 1 aromatic heterocycles. The molecule has 0 bridgehead atoms. The smallest absolute Gasteiger partial charge is 0.212 e. The summed E-state index contributed by atoms with van der Waals surface area (Å²) in [4.78, 5) is 0. The minimum absolute atomic E-state index is 0.314. The van der Waals surface area contributed by atoms with Crippen molar-refractivity contribution in [2.24, 2.45) is 0 Å². The Kier molecular flexibility index (Phi) is 2.46. The van der Waals surface area contributed by atoms with E-state index in [-0.39, 0.29) is 6.10 Å². The molecule has 0 spiro atoms. The van der Waals surface area contributed by atoms with Gasteiger partial charge in [0.05, 0.1) is 0 Å². The molecule has 14 heavy (non-hydrogen) atoms. The first-order chi connectivity index (χ1) is 6.77. The van der Waals surface area contributed by atoms with Gasteiger partial charge in [-0.1, -0.05) is 12.1 Å². The molecule has 0 aliphatic rings.